The van der Waals surface area contributed by atoms with Gasteiger partial charge in [0, 0.05) is 27.5 Å². The Hall–Kier alpha value is -3.53. The maximum Gasteiger partial charge on any atom is 0.411 e. The number of aromatic nitrogens is 2. The fourth-order valence-electron chi connectivity index (χ4n) is 2.43. The number of alkyl halides is 3. The Morgan fingerprint density at radius 1 is 1.15 bits per heavy atom. The quantitative estimate of drug-likeness (QED) is 0.203. The highest BCUT2D eigenvalue weighted by Crippen LogP contribution is 2.31. The molecule has 34 heavy (non-hydrogen) atoms. The van der Waals surface area contributed by atoms with Crippen molar-refractivity contribution in [2.75, 3.05) is 10.6 Å². The number of carbonyl (C=O) groups is 1. The SMILES string of the molecule is C=C(C)C(F)(F)F.C=CC(=O)Nc1ccc(F)c(Nc2nc(C)ncc2-c2ccc(Br)cc2)c1. The van der Waals surface area contributed by atoms with E-state index in [1.807, 2.05) is 24.3 Å². The normalized spacial score (nSPS) is 10.6. The summed E-state index contributed by atoms with van der Waals surface area (Å²) in [7, 11) is 0. The van der Waals surface area contributed by atoms with E-state index in [4.69, 9.17) is 0 Å². The van der Waals surface area contributed by atoms with Crippen LogP contribution in [-0.4, -0.2) is 22.1 Å². The van der Waals surface area contributed by atoms with E-state index in [9.17, 15) is 22.4 Å². The minimum atomic E-state index is -4.19. The number of hydrogen-bond donors (Lipinski definition) is 2. The molecule has 10 heteroatoms. The second kappa shape index (κ2) is 11.6. The molecule has 5 nitrogen and oxygen atoms in total. The molecule has 2 N–H and O–H groups in total. The third kappa shape index (κ3) is 7.80. The second-order valence-corrected chi connectivity index (χ2v) is 7.89. The van der Waals surface area contributed by atoms with Gasteiger partial charge in [-0.25, -0.2) is 14.4 Å². The molecule has 3 aromatic rings. The molecule has 1 aromatic heterocycles. The van der Waals surface area contributed by atoms with Crippen molar-refractivity contribution >= 4 is 39.0 Å². The molecule has 178 valence electrons. The molecule has 0 aliphatic carbocycles. The van der Waals surface area contributed by atoms with Crippen LogP contribution in [0.15, 0.2) is 77.9 Å². The summed E-state index contributed by atoms with van der Waals surface area (Å²) in [4.78, 5) is 20.1. The predicted molar refractivity (Wildman–Crippen MR) is 129 cm³/mol. The van der Waals surface area contributed by atoms with Crippen LogP contribution in [0.1, 0.15) is 12.7 Å². The van der Waals surface area contributed by atoms with Crippen molar-refractivity contribution in [1.29, 1.82) is 0 Å². The van der Waals surface area contributed by atoms with E-state index in [0.29, 0.717) is 17.3 Å². The Morgan fingerprint density at radius 3 is 2.32 bits per heavy atom. The van der Waals surface area contributed by atoms with Crippen LogP contribution < -0.4 is 10.6 Å². The van der Waals surface area contributed by atoms with Crippen LogP contribution in [0.25, 0.3) is 11.1 Å². The summed E-state index contributed by atoms with van der Waals surface area (Å²) in [5.74, 6) is 0.177. The highest BCUT2D eigenvalue weighted by atomic mass is 79.9. The van der Waals surface area contributed by atoms with Gasteiger partial charge in [0.25, 0.3) is 0 Å². The molecule has 0 bridgehead atoms. The Labute approximate surface area is 202 Å². The van der Waals surface area contributed by atoms with Crippen molar-refractivity contribution in [3.8, 4) is 11.1 Å². The van der Waals surface area contributed by atoms with Gasteiger partial charge in [-0.3, -0.25) is 4.79 Å². The Kier molecular flexibility index (Phi) is 9.08. The number of nitrogens with one attached hydrogen (secondary N) is 2. The highest BCUT2D eigenvalue weighted by molar-refractivity contribution is 9.10. The van der Waals surface area contributed by atoms with E-state index < -0.39 is 17.6 Å². The van der Waals surface area contributed by atoms with Gasteiger partial charge in [0.1, 0.15) is 17.5 Å². The molecule has 0 atom stereocenters. The lowest BCUT2D eigenvalue weighted by molar-refractivity contribution is -0.111. The number of rotatable bonds is 5. The lowest BCUT2D eigenvalue weighted by Gasteiger charge is -2.13. The van der Waals surface area contributed by atoms with Gasteiger partial charge in [-0.15, -0.1) is 0 Å². The van der Waals surface area contributed by atoms with Crippen LogP contribution in [0.2, 0.25) is 0 Å². The Balaban J connectivity index is 0.000000509. The lowest BCUT2D eigenvalue weighted by atomic mass is 10.1. The van der Waals surface area contributed by atoms with Crippen LogP contribution >= 0.6 is 15.9 Å². The molecule has 0 radical (unpaired) electrons. The summed E-state index contributed by atoms with van der Waals surface area (Å²) in [5.41, 5.74) is 1.49. The monoisotopic (exact) mass is 536 g/mol. The van der Waals surface area contributed by atoms with Crippen LogP contribution in [0.4, 0.5) is 34.8 Å². The van der Waals surface area contributed by atoms with Gasteiger partial charge in [0.05, 0.1) is 5.69 Å². The summed E-state index contributed by atoms with van der Waals surface area (Å²) in [6.07, 6.45) is -1.36. The van der Waals surface area contributed by atoms with Crippen LogP contribution in [-0.2, 0) is 4.79 Å². The van der Waals surface area contributed by atoms with E-state index in [1.54, 1.807) is 13.1 Å². The van der Waals surface area contributed by atoms with Crippen molar-refractivity contribution in [2.45, 2.75) is 20.0 Å². The van der Waals surface area contributed by atoms with Gasteiger partial charge in [-0.2, -0.15) is 13.2 Å². The van der Waals surface area contributed by atoms with Gasteiger partial charge in [0.2, 0.25) is 5.91 Å². The number of anilines is 3. The molecular formula is C24H21BrF4N4O. The third-order valence-electron chi connectivity index (χ3n) is 4.22. The number of amides is 1. The van der Waals surface area contributed by atoms with Gasteiger partial charge < -0.3 is 10.6 Å². The molecule has 0 aliphatic heterocycles. The average Bonchev–Trinajstić information content (AvgIpc) is 2.76. The van der Waals surface area contributed by atoms with Crippen LogP contribution in [0.3, 0.4) is 0 Å². The molecule has 2 aromatic carbocycles. The average molecular weight is 537 g/mol. The zero-order valence-corrected chi connectivity index (χ0v) is 19.9. The van der Waals surface area contributed by atoms with E-state index in [2.05, 4.69) is 49.7 Å². The molecule has 1 heterocycles. The Morgan fingerprint density at radius 2 is 1.76 bits per heavy atom. The fourth-order valence-corrected chi connectivity index (χ4v) is 2.69. The molecule has 0 fully saturated rings. The van der Waals surface area contributed by atoms with Gasteiger partial charge in [-0.1, -0.05) is 41.2 Å². The lowest BCUT2D eigenvalue weighted by Crippen LogP contribution is -2.08. The van der Waals surface area contributed by atoms with Crippen LogP contribution in [0.5, 0.6) is 0 Å². The standard InChI is InChI=1S/C20H16BrFN4O.C4H5F3/c1-3-19(27)25-15-8-9-17(22)18(10-15)26-20-16(11-23-12(2)24-20)13-4-6-14(21)7-5-13;1-3(2)4(5,6)7/h3-11H,1H2,2H3,(H,25,27)(H,23,24,26);1H2,2H3. The van der Waals surface area contributed by atoms with E-state index in [0.717, 1.165) is 28.6 Å². The number of aryl methyl sites for hydroxylation is 1. The van der Waals surface area contributed by atoms with E-state index in [1.165, 1.54) is 18.2 Å². The van der Waals surface area contributed by atoms with Crippen LogP contribution in [0, 0.1) is 12.7 Å². The minimum absolute atomic E-state index is 0.188. The molecule has 3 rings (SSSR count). The number of carbonyl (C=O) groups excluding carboxylic acids is 1. The summed E-state index contributed by atoms with van der Waals surface area (Å²) >= 11 is 3.41. The highest BCUT2D eigenvalue weighted by Gasteiger charge is 2.27. The molecule has 1 amide bonds. The largest absolute Gasteiger partial charge is 0.411 e. The maximum absolute atomic E-state index is 14.3. The Bertz CT molecular complexity index is 1190. The number of benzene rings is 2. The summed E-state index contributed by atoms with van der Waals surface area (Å²) < 4.78 is 48.5. The van der Waals surface area contributed by atoms with E-state index in [-0.39, 0.29) is 11.6 Å². The van der Waals surface area contributed by atoms with Gasteiger partial charge in [0.15, 0.2) is 0 Å². The summed E-state index contributed by atoms with van der Waals surface area (Å²) in [5, 5.41) is 5.62. The summed E-state index contributed by atoms with van der Waals surface area (Å²) in [6.45, 7) is 8.79. The van der Waals surface area contributed by atoms with Crippen molar-refractivity contribution < 1.29 is 22.4 Å². The molecule has 0 aliphatic rings. The van der Waals surface area contributed by atoms with Crippen molar-refractivity contribution in [2.24, 2.45) is 0 Å². The topological polar surface area (TPSA) is 66.9 Å². The van der Waals surface area contributed by atoms with E-state index >= 15 is 0 Å². The predicted octanol–water partition coefficient (Wildman–Crippen LogP) is 7.35. The second-order valence-electron chi connectivity index (χ2n) is 6.98. The van der Waals surface area contributed by atoms with Crippen molar-refractivity contribution in [3.63, 3.8) is 0 Å². The minimum Gasteiger partial charge on any atom is -0.337 e. The number of nitrogens with zero attached hydrogens (tertiary/aromatic N) is 2. The number of halogens is 5. The number of allylic oxidation sites excluding steroid dienone is 1. The first kappa shape index (κ1) is 26.7. The van der Waals surface area contributed by atoms with Crippen molar-refractivity contribution in [1.82, 2.24) is 9.97 Å². The first-order valence-corrected chi connectivity index (χ1v) is 10.5. The molecule has 0 spiro atoms. The molecular weight excluding hydrogens is 516 g/mol. The molecule has 0 saturated carbocycles. The maximum atomic E-state index is 14.3. The first-order valence-electron chi connectivity index (χ1n) is 9.73. The van der Waals surface area contributed by atoms with Gasteiger partial charge >= 0.3 is 6.18 Å². The first-order chi connectivity index (χ1) is 15.9. The third-order valence-corrected chi connectivity index (χ3v) is 4.75. The number of hydrogen-bond acceptors (Lipinski definition) is 4. The smallest absolute Gasteiger partial charge is 0.337 e. The zero-order chi connectivity index (χ0) is 25.5. The van der Waals surface area contributed by atoms with Crippen molar-refractivity contribution in [3.05, 3.63) is 89.6 Å². The molecule has 0 unspecified atom stereocenters. The summed E-state index contributed by atoms with van der Waals surface area (Å²) in [6, 6.07) is 11.9. The fraction of sp³-hybridized carbons (Fsp3) is 0.125. The zero-order valence-electron chi connectivity index (χ0n) is 18.3. The molecule has 0 saturated heterocycles. The van der Waals surface area contributed by atoms with Gasteiger partial charge in [-0.05, 0) is 55.8 Å².